The molecule has 0 bridgehead atoms. The zero-order valence-electron chi connectivity index (χ0n) is 13.3. The van der Waals surface area contributed by atoms with Gasteiger partial charge in [0.05, 0.1) is 0 Å². The summed E-state index contributed by atoms with van der Waals surface area (Å²) in [6, 6.07) is 12.7. The number of pyridine rings is 1. The molecule has 2 aromatic heterocycles. The molecule has 4 heteroatoms. The van der Waals surface area contributed by atoms with Crippen LogP contribution in [0, 0.1) is 12.7 Å². The third-order valence-electron chi connectivity index (χ3n) is 3.46. The SMILES string of the molecule is Cc1cccc2nc(-c3ccccc3F)c(NC(C)(C)C)n12. The maximum absolute atomic E-state index is 14.2. The number of benzene rings is 1. The molecule has 3 aromatic rings. The first-order valence-electron chi connectivity index (χ1n) is 7.38. The zero-order valence-corrected chi connectivity index (χ0v) is 13.3. The molecule has 0 saturated carbocycles. The van der Waals surface area contributed by atoms with Gasteiger partial charge in [0, 0.05) is 16.8 Å². The van der Waals surface area contributed by atoms with Crippen molar-refractivity contribution in [1.82, 2.24) is 9.38 Å². The Morgan fingerprint density at radius 2 is 1.77 bits per heavy atom. The van der Waals surface area contributed by atoms with Gasteiger partial charge in [0.1, 0.15) is 23.0 Å². The van der Waals surface area contributed by atoms with Gasteiger partial charge >= 0.3 is 0 Å². The second-order valence-electron chi connectivity index (χ2n) is 6.52. The molecule has 114 valence electrons. The van der Waals surface area contributed by atoms with Crippen molar-refractivity contribution in [1.29, 1.82) is 0 Å². The van der Waals surface area contributed by atoms with Crippen LogP contribution in [0.4, 0.5) is 10.2 Å². The number of aromatic nitrogens is 2. The van der Waals surface area contributed by atoms with E-state index in [0.717, 1.165) is 17.2 Å². The molecule has 3 nitrogen and oxygen atoms in total. The molecule has 1 aromatic carbocycles. The summed E-state index contributed by atoms with van der Waals surface area (Å²) in [7, 11) is 0. The number of rotatable bonds is 2. The van der Waals surface area contributed by atoms with Crippen molar-refractivity contribution >= 4 is 11.5 Å². The van der Waals surface area contributed by atoms with E-state index in [0.29, 0.717) is 11.3 Å². The minimum atomic E-state index is -0.263. The molecular formula is C18H20FN3. The predicted octanol–water partition coefficient (Wildman–Crippen LogP) is 4.66. The average molecular weight is 297 g/mol. The number of anilines is 1. The van der Waals surface area contributed by atoms with Crippen LogP contribution in [-0.4, -0.2) is 14.9 Å². The summed E-state index contributed by atoms with van der Waals surface area (Å²) in [6.45, 7) is 8.26. The van der Waals surface area contributed by atoms with Crippen LogP contribution in [0.2, 0.25) is 0 Å². The van der Waals surface area contributed by atoms with Crippen LogP contribution in [-0.2, 0) is 0 Å². The van der Waals surface area contributed by atoms with Crippen LogP contribution in [0.15, 0.2) is 42.5 Å². The predicted molar refractivity (Wildman–Crippen MR) is 88.7 cm³/mol. The topological polar surface area (TPSA) is 29.3 Å². The summed E-state index contributed by atoms with van der Waals surface area (Å²) >= 11 is 0. The molecule has 22 heavy (non-hydrogen) atoms. The molecule has 1 N–H and O–H groups in total. The van der Waals surface area contributed by atoms with Crippen molar-refractivity contribution in [3.05, 3.63) is 54.0 Å². The van der Waals surface area contributed by atoms with Crippen molar-refractivity contribution in [2.45, 2.75) is 33.2 Å². The lowest BCUT2D eigenvalue weighted by atomic mass is 10.1. The van der Waals surface area contributed by atoms with Crippen LogP contribution < -0.4 is 5.32 Å². The molecule has 0 amide bonds. The second-order valence-corrected chi connectivity index (χ2v) is 6.52. The number of nitrogens with one attached hydrogen (secondary N) is 1. The highest BCUT2D eigenvalue weighted by Crippen LogP contribution is 2.33. The Morgan fingerprint density at radius 3 is 2.45 bits per heavy atom. The summed E-state index contributed by atoms with van der Waals surface area (Å²) < 4.78 is 16.3. The van der Waals surface area contributed by atoms with Gasteiger partial charge in [-0.2, -0.15) is 0 Å². The highest BCUT2D eigenvalue weighted by Gasteiger charge is 2.21. The van der Waals surface area contributed by atoms with Gasteiger partial charge in [-0.15, -0.1) is 0 Å². The van der Waals surface area contributed by atoms with Gasteiger partial charge in [0.15, 0.2) is 0 Å². The highest BCUT2D eigenvalue weighted by atomic mass is 19.1. The fourth-order valence-corrected chi connectivity index (χ4v) is 2.57. The fourth-order valence-electron chi connectivity index (χ4n) is 2.57. The number of fused-ring (bicyclic) bond motifs is 1. The van der Waals surface area contributed by atoms with Crippen molar-refractivity contribution in [2.75, 3.05) is 5.32 Å². The molecule has 0 aliphatic rings. The van der Waals surface area contributed by atoms with Crippen molar-refractivity contribution < 1.29 is 4.39 Å². The maximum Gasteiger partial charge on any atom is 0.139 e. The van der Waals surface area contributed by atoms with E-state index in [9.17, 15) is 4.39 Å². The van der Waals surface area contributed by atoms with Gasteiger partial charge in [-0.3, -0.25) is 4.40 Å². The number of hydrogen-bond donors (Lipinski definition) is 1. The lowest BCUT2D eigenvalue weighted by Gasteiger charge is -2.23. The molecule has 0 fully saturated rings. The molecule has 0 spiro atoms. The number of halogens is 1. The summed E-state index contributed by atoms with van der Waals surface area (Å²) in [6.07, 6.45) is 0. The molecule has 0 atom stereocenters. The first-order chi connectivity index (χ1) is 10.4. The van der Waals surface area contributed by atoms with E-state index >= 15 is 0 Å². The van der Waals surface area contributed by atoms with Gasteiger partial charge in [0.25, 0.3) is 0 Å². The maximum atomic E-state index is 14.2. The standard InChI is InChI=1S/C18H20FN3/c1-12-8-7-11-15-20-16(13-9-5-6-10-14(13)19)17(22(12)15)21-18(2,3)4/h5-11,21H,1-4H3. The fraction of sp³-hybridized carbons (Fsp3) is 0.278. The third kappa shape index (κ3) is 2.56. The van der Waals surface area contributed by atoms with Crippen molar-refractivity contribution in [3.8, 4) is 11.3 Å². The summed E-state index contributed by atoms with van der Waals surface area (Å²) in [4.78, 5) is 4.65. The summed E-state index contributed by atoms with van der Waals surface area (Å²) in [5.74, 6) is 0.561. The Balaban J connectivity index is 2.32. The van der Waals surface area contributed by atoms with E-state index in [1.165, 1.54) is 6.07 Å². The number of imidazole rings is 1. The van der Waals surface area contributed by atoms with E-state index in [2.05, 4.69) is 31.1 Å². The Bertz CT molecular complexity index is 828. The molecule has 2 heterocycles. The third-order valence-corrected chi connectivity index (χ3v) is 3.46. The highest BCUT2D eigenvalue weighted by molar-refractivity contribution is 5.77. The van der Waals surface area contributed by atoms with E-state index in [-0.39, 0.29) is 11.4 Å². The first kappa shape index (κ1) is 14.6. The minimum Gasteiger partial charge on any atom is -0.365 e. The molecule has 0 unspecified atom stereocenters. The van der Waals surface area contributed by atoms with Crippen LogP contribution in [0.25, 0.3) is 16.9 Å². The van der Waals surface area contributed by atoms with E-state index < -0.39 is 0 Å². The van der Waals surface area contributed by atoms with Crippen molar-refractivity contribution in [3.63, 3.8) is 0 Å². The Kier molecular flexibility index (Phi) is 3.39. The van der Waals surface area contributed by atoms with E-state index in [1.807, 2.05) is 35.6 Å². The molecule has 0 aliphatic heterocycles. The number of nitrogens with zero attached hydrogens (tertiary/aromatic N) is 2. The summed E-state index contributed by atoms with van der Waals surface area (Å²) in [5, 5.41) is 3.47. The van der Waals surface area contributed by atoms with Gasteiger partial charge < -0.3 is 5.32 Å². The number of hydrogen-bond acceptors (Lipinski definition) is 2. The van der Waals surface area contributed by atoms with Crippen LogP contribution in [0.5, 0.6) is 0 Å². The van der Waals surface area contributed by atoms with Crippen molar-refractivity contribution in [2.24, 2.45) is 0 Å². The summed E-state index contributed by atoms with van der Waals surface area (Å²) in [5.41, 5.74) is 2.86. The minimum absolute atomic E-state index is 0.155. The van der Waals surface area contributed by atoms with E-state index in [1.54, 1.807) is 12.1 Å². The van der Waals surface area contributed by atoms with Crippen LogP contribution in [0.3, 0.4) is 0 Å². The van der Waals surface area contributed by atoms with E-state index in [4.69, 9.17) is 0 Å². The normalized spacial score (nSPS) is 11.9. The van der Waals surface area contributed by atoms with Gasteiger partial charge in [-0.1, -0.05) is 18.2 Å². The molecule has 3 rings (SSSR count). The average Bonchev–Trinajstić information content (AvgIpc) is 2.77. The quantitative estimate of drug-likeness (QED) is 0.745. The first-order valence-corrected chi connectivity index (χ1v) is 7.38. The largest absolute Gasteiger partial charge is 0.365 e. The lowest BCUT2D eigenvalue weighted by Crippen LogP contribution is -2.27. The monoisotopic (exact) mass is 297 g/mol. The van der Waals surface area contributed by atoms with Gasteiger partial charge in [0.2, 0.25) is 0 Å². The molecule has 0 saturated heterocycles. The molecule has 0 radical (unpaired) electrons. The smallest absolute Gasteiger partial charge is 0.139 e. The van der Waals surface area contributed by atoms with Crippen LogP contribution in [0.1, 0.15) is 26.5 Å². The number of aryl methyl sites for hydroxylation is 1. The van der Waals surface area contributed by atoms with Crippen LogP contribution >= 0.6 is 0 Å². The Morgan fingerprint density at radius 1 is 1.05 bits per heavy atom. The molecular weight excluding hydrogens is 277 g/mol. The van der Waals surface area contributed by atoms with Gasteiger partial charge in [-0.05, 0) is 52.0 Å². The zero-order chi connectivity index (χ0) is 15.9. The Labute approximate surface area is 129 Å². The van der Waals surface area contributed by atoms with Gasteiger partial charge in [-0.25, -0.2) is 9.37 Å². The lowest BCUT2D eigenvalue weighted by molar-refractivity contribution is 0.625. The Hall–Kier alpha value is -2.36. The molecule has 0 aliphatic carbocycles. The second kappa shape index (κ2) is 5.13.